The van der Waals surface area contributed by atoms with Gasteiger partial charge >= 0.3 is 0 Å². The predicted octanol–water partition coefficient (Wildman–Crippen LogP) is 2.90. The summed E-state index contributed by atoms with van der Waals surface area (Å²) < 4.78 is 5.49. The first-order valence-electron chi connectivity index (χ1n) is 9.33. The van der Waals surface area contributed by atoms with Gasteiger partial charge < -0.3 is 20.3 Å². The van der Waals surface area contributed by atoms with Crippen LogP contribution in [0.4, 0.5) is 5.69 Å². The van der Waals surface area contributed by atoms with Crippen LogP contribution in [0.3, 0.4) is 0 Å². The van der Waals surface area contributed by atoms with Crippen LogP contribution in [-0.4, -0.2) is 38.0 Å². The number of rotatable bonds is 5. The van der Waals surface area contributed by atoms with Gasteiger partial charge in [0.1, 0.15) is 25.7 Å². The Morgan fingerprint density at radius 3 is 2.52 bits per heavy atom. The van der Waals surface area contributed by atoms with E-state index in [-0.39, 0.29) is 6.04 Å². The molecule has 0 radical (unpaired) electrons. The fourth-order valence-electron chi connectivity index (χ4n) is 3.20. The molecule has 0 bridgehead atoms. The van der Waals surface area contributed by atoms with Gasteiger partial charge in [-0.3, -0.25) is 0 Å². The number of hydrogen-bond donors (Lipinski definition) is 3. The third kappa shape index (κ3) is 5.91. The molecule has 6 heteroatoms. The number of nitrogens with one attached hydrogen (secondary N) is 3. The zero-order valence-electron chi connectivity index (χ0n) is 15.8. The summed E-state index contributed by atoms with van der Waals surface area (Å²) >= 11 is 11.8. The first-order valence-corrected chi connectivity index (χ1v) is 10.1. The van der Waals surface area contributed by atoms with Crippen LogP contribution in [0.5, 0.6) is 0 Å². The van der Waals surface area contributed by atoms with Crippen LogP contribution in [-0.2, 0) is 4.74 Å². The lowest BCUT2D eigenvalue weighted by molar-refractivity contribution is -0.909. The SMILES string of the molecule is Cc1ccc([C@H](C[NH+]2CCOCC2)NC(=S)Nc2ccc(C)c(Cl)c2)cc1. The molecule has 0 saturated carbocycles. The number of aryl methyl sites for hydroxylation is 2. The number of anilines is 1. The van der Waals surface area contributed by atoms with Crippen molar-refractivity contribution >= 4 is 34.6 Å². The molecule has 1 fully saturated rings. The molecule has 1 saturated heterocycles. The van der Waals surface area contributed by atoms with Crippen LogP contribution in [0.2, 0.25) is 5.02 Å². The Balaban J connectivity index is 1.70. The standard InChI is InChI=1S/C21H26ClN3OS/c1-15-3-6-17(7-4-15)20(14-25-9-11-26-12-10-25)24-21(27)23-18-8-5-16(2)19(22)13-18/h3-8,13,20H,9-12,14H2,1-2H3,(H2,23,24,27)/p+1/t20-/m0/s1. The molecule has 0 aromatic heterocycles. The lowest BCUT2D eigenvalue weighted by Gasteiger charge is -2.29. The number of morpholine rings is 1. The van der Waals surface area contributed by atoms with E-state index in [1.165, 1.54) is 16.0 Å². The molecule has 0 unspecified atom stereocenters. The third-order valence-electron chi connectivity index (χ3n) is 4.91. The Bertz CT molecular complexity index is 775. The Labute approximate surface area is 171 Å². The van der Waals surface area contributed by atoms with Gasteiger partial charge in [0.2, 0.25) is 0 Å². The highest BCUT2D eigenvalue weighted by Crippen LogP contribution is 2.20. The topological polar surface area (TPSA) is 37.7 Å². The van der Waals surface area contributed by atoms with Crippen molar-refractivity contribution in [2.75, 3.05) is 38.2 Å². The zero-order chi connectivity index (χ0) is 19.2. The molecule has 1 atom stereocenters. The molecule has 1 heterocycles. The Hall–Kier alpha value is -1.66. The molecule has 0 spiro atoms. The molecule has 2 aromatic carbocycles. The number of halogens is 1. The predicted molar refractivity (Wildman–Crippen MR) is 116 cm³/mol. The van der Waals surface area contributed by atoms with Crippen molar-refractivity contribution in [2.45, 2.75) is 19.9 Å². The minimum absolute atomic E-state index is 0.139. The van der Waals surface area contributed by atoms with Crippen molar-refractivity contribution in [1.29, 1.82) is 0 Å². The van der Waals surface area contributed by atoms with E-state index in [9.17, 15) is 0 Å². The Kier molecular flexibility index (Phi) is 7.07. The summed E-state index contributed by atoms with van der Waals surface area (Å²) in [5.74, 6) is 0. The van der Waals surface area contributed by atoms with Gasteiger partial charge in [0.15, 0.2) is 5.11 Å². The van der Waals surface area contributed by atoms with Crippen LogP contribution < -0.4 is 15.5 Å². The van der Waals surface area contributed by atoms with Crippen LogP contribution in [0, 0.1) is 13.8 Å². The normalized spacial score (nSPS) is 16.0. The molecule has 1 aliphatic heterocycles. The molecule has 144 valence electrons. The molecular weight excluding hydrogens is 378 g/mol. The van der Waals surface area contributed by atoms with E-state index in [2.05, 4.69) is 41.8 Å². The molecule has 2 aromatic rings. The minimum atomic E-state index is 0.139. The minimum Gasteiger partial charge on any atom is -0.370 e. The van der Waals surface area contributed by atoms with E-state index in [0.717, 1.165) is 49.1 Å². The number of benzene rings is 2. The van der Waals surface area contributed by atoms with Crippen molar-refractivity contribution in [1.82, 2.24) is 5.32 Å². The Morgan fingerprint density at radius 1 is 1.15 bits per heavy atom. The van der Waals surface area contributed by atoms with Gasteiger partial charge in [-0.15, -0.1) is 0 Å². The van der Waals surface area contributed by atoms with Gasteiger partial charge in [-0.25, -0.2) is 0 Å². The number of ether oxygens (including phenoxy) is 1. The van der Waals surface area contributed by atoms with Crippen molar-refractivity contribution in [3.63, 3.8) is 0 Å². The molecular formula is C21H27ClN3OS+. The highest BCUT2D eigenvalue weighted by atomic mass is 35.5. The van der Waals surface area contributed by atoms with Gasteiger partial charge in [-0.2, -0.15) is 0 Å². The molecule has 3 rings (SSSR count). The average molecular weight is 405 g/mol. The second kappa shape index (κ2) is 9.51. The third-order valence-corrected chi connectivity index (χ3v) is 5.53. The molecule has 1 aliphatic rings. The molecule has 27 heavy (non-hydrogen) atoms. The second-order valence-corrected chi connectivity index (χ2v) is 7.91. The van der Waals surface area contributed by atoms with E-state index >= 15 is 0 Å². The van der Waals surface area contributed by atoms with Crippen LogP contribution in [0.25, 0.3) is 0 Å². The first-order chi connectivity index (χ1) is 13.0. The maximum absolute atomic E-state index is 6.22. The summed E-state index contributed by atoms with van der Waals surface area (Å²) in [6.07, 6.45) is 0. The number of hydrogen-bond acceptors (Lipinski definition) is 2. The van der Waals surface area contributed by atoms with Gasteiger partial charge in [-0.1, -0.05) is 47.5 Å². The summed E-state index contributed by atoms with van der Waals surface area (Å²) in [7, 11) is 0. The van der Waals surface area contributed by atoms with E-state index in [1.807, 2.05) is 25.1 Å². The summed E-state index contributed by atoms with van der Waals surface area (Å²) in [6, 6.07) is 14.7. The van der Waals surface area contributed by atoms with Gasteiger partial charge in [-0.05, 0) is 49.3 Å². The first kappa shape index (κ1) is 20.1. The smallest absolute Gasteiger partial charge is 0.171 e. The lowest BCUT2D eigenvalue weighted by Crippen LogP contribution is -3.14. The molecule has 0 amide bonds. The summed E-state index contributed by atoms with van der Waals surface area (Å²) in [6.45, 7) is 8.74. The Morgan fingerprint density at radius 2 is 1.85 bits per heavy atom. The van der Waals surface area contributed by atoms with E-state index < -0.39 is 0 Å². The largest absolute Gasteiger partial charge is 0.370 e. The average Bonchev–Trinajstić information content (AvgIpc) is 2.66. The van der Waals surface area contributed by atoms with Crippen molar-refractivity contribution in [3.8, 4) is 0 Å². The summed E-state index contributed by atoms with van der Waals surface area (Å²) in [5.41, 5.74) is 4.44. The molecule has 0 aliphatic carbocycles. The fraction of sp³-hybridized carbons (Fsp3) is 0.381. The van der Waals surface area contributed by atoms with E-state index in [1.54, 1.807) is 0 Å². The monoisotopic (exact) mass is 404 g/mol. The van der Waals surface area contributed by atoms with Crippen LogP contribution in [0.15, 0.2) is 42.5 Å². The van der Waals surface area contributed by atoms with Crippen LogP contribution >= 0.6 is 23.8 Å². The highest BCUT2D eigenvalue weighted by Gasteiger charge is 2.22. The van der Waals surface area contributed by atoms with Crippen molar-refractivity contribution in [3.05, 3.63) is 64.2 Å². The summed E-state index contributed by atoms with van der Waals surface area (Å²) in [5, 5.41) is 8.10. The maximum atomic E-state index is 6.22. The molecule has 4 nitrogen and oxygen atoms in total. The quantitative estimate of drug-likeness (QED) is 0.670. The maximum Gasteiger partial charge on any atom is 0.171 e. The lowest BCUT2D eigenvalue weighted by atomic mass is 10.0. The van der Waals surface area contributed by atoms with E-state index in [4.69, 9.17) is 28.6 Å². The number of quaternary nitrogens is 1. The van der Waals surface area contributed by atoms with Crippen molar-refractivity contribution in [2.24, 2.45) is 0 Å². The number of thiocarbonyl (C=S) groups is 1. The van der Waals surface area contributed by atoms with Gasteiger partial charge in [0, 0.05) is 10.7 Å². The van der Waals surface area contributed by atoms with E-state index in [0.29, 0.717) is 5.11 Å². The van der Waals surface area contributed by atoms with Crippen molar-refractivity contribution < 1.29 is 9.64 Å². The highest BCUT2D eigenvalue weighted by molar-refractivity contribution is 7.80. The van der Waals surface area contributed by atoms with Crippen LogP contribution in [0.1, 0.15) is 22.7 Å². The fourth-order valence-corrected chi connectivity index (χ4v) is 3.64. The molecule has 3 N–H and O–H groups in total. The second-order valence-electron chi connectivity index (χ2n) is 7.09. The summed E-state index contributed by atoms with van der Waals surface area (Å²) in [4.78, 5) is 1.53. The van der Waals surface area contributed by atoms with Gasteiger partial charge in [0.05, 0.1) is 13.2 Å². The van der Waals surface area contributed by atoms with Gasteiger partial charge in [0.25, 0.3) is 0 Å². The zero-order valence-corrected chi connectivity index (χ0v) is 17.4.